The van der Waals surface area contributed by atoms with Gasteiger partial charge in [0.05, 0.1) is 0 Å². The van der Waals surface area contributed by atoms with Crippen LogP contribution < -0.4 is 22.5 Å². The van der Waals surface area contributed by atoms with Gasteiger partial charge in [0.1, 0.15) is 0 Å². The molecule has 0 saturated heterocycles. The Morgan fingerprint density at radius 2 is 1.20 bits per heavy atom. The predicted molar refractivity (Wildman–Crippen MR) is 158 cm³/mol. The highest BCUT2D eigenvalue weighted by Crippen LogP contribution is 2.40. The molecular weight excluding hydrogens is 432 g/mol. The Labute approximate surface area is 218 Å². The van der Waals surface area contributed by atoms with Crippen molar-refractivity contribution in [1.29, 1.82) is 0 Å². The molecule has 0 amide bonds. The van der Waals surface area contributed by atoms with Gasteiger partial charge in [-0.15, -0.1) is 0 Å². The molecule has 1 aromatic carbocycles. The first-order valence-corrected chi connectivity index (χ1v) is 14.0. The van der Waals surface area contributed by atoms with Crippen LogP contribution in [0.2, 0.25) is 0 Å². The van der Waals surface area contributed by atoms with E-state index in [4.69, 9.17) is 0 Å². The van der Waals surface area contributed by atoms with Crippen molar-refractivity contribution in [1.82, 2.24) is 0 Å². The minimum absolute atomic E-state index is 0.193. The monoisotopic (exact) mass is 492 g/mol. The van der Waals surface area contributed by atoms with Crippen molar-refractivity contribution in [2.45, 2.75) is 130 Å². The largest absolute Gasteiger partial charge is 0.379 e. The fraction of sp³-hybridized carbons (Fsp3) is 0.767. The molecule has 5 nitrogen and oxygen atoms in total. The molecule has 1 heterocycles. The number of nitrogens with two attached hydrogens (primary N) is 3. The number of nitrogens with one attached hydrogen (secondary N) is 1. The summed E-state index contributed by atoms with van der Waals surface area (Å²) >= 11 is 0. The van der Waals surface area contributed by atoms with Gasteiger partial charge in [-0.3, -0.25) is 4.79 Å². The lowest BCUT2D eigenvalue weighted by Crippen LogP contribution is -2.39. The van der Waals surface area contributed by atoms with Gasteiger partial charge in [0.25, 0.3) is 0 Å². The summed E-state index contributed by atoms with van der Waals surface area (Å²) in [4.78, 5) is 11.5. The molecule has 5 heteroatoms. The van der Waals surface area contributed by atoms with Crippen molar-refractivity contribution >= 4 is 12.0 Å². The molecule has 0 radical (unpaired) electrons. The average Bonchev–Trinajstić information content (AvgIpc) is 2.90. The highest BCUT2D eigenvalue weighted by molar-refractivity contribution is 5.84. The molecule has 0 bridgehead atoms. The van der Waals surface area contributed by atoms with Crippen LogP contribution in [0.1, 0.15) is 130 Å². The quantitative estimate of drug-likeness (QED) is 0.176. The SMILES string of the molecule is CCCCCCCCCCCCCC1(C)CCc2c(C)c(C=O)c(C)c(C)c2N1.CN.CN.CN. The van der Waals surface area contributed by atoms with Crippen LogP contribution in [0, 0.1) is 20.8 Å². The summed E-state index contributed by atoms with van der Waals surface area (Å²) in [6, 6.07) is 0. The van der Waals surface area contributed by atoms with Gasteiger partial charge < -0.3 is 22.5 Å². The van der Waals surface area contributed by atoms with E-state index in [0.717, 1.165) is 23.8 Å². The predicted octanol–water partition coefficient (Wildman–Crippen LogP) is 6.97. The van der Waals surface area contributed by atoms with E-state index in [-0.39, 0.29) is 5.54 Å². The van der Waals surface area contributed by atoms with Crippen LogP contribution in [0.4, 0.5) is 5.69 Å². The fourth-order valence-corrected chi connectivity index (χ4v) is 5.04. The molecule has 0 spiro atoms. The zero-order chi connectivity index (χ0) is 27.3. The first kappa shape index (κ1) is 35.7. The molecule has 35 heavy (non-hydrogen) atoms. The third-order valence-electron chi connectivity index (χ3n) is 7.30. The number of carbonyl (C=O) groups is 1. The normalized spacial score (nSPS) is 15.7. The maximum atomic E-state index is 11.5. The maximum absolute atomic E-state index is 11.5. The van der Waals surface area contributed by atoms with Crippen molar-refractivity contribution in [2.75, 3.05) is 26.5 Å². The third kappa shape index (κ3) is 12.4. The molecule has 1 aliphatic heterocycles. The van der Waals surface area contributed by atoms with E-state index >= 15 is 0 Å². The minimum atomic E-state index is 0.193. The number of aldehydes is 1. The van der Waals surface area contributed by atoms with Gasteiger partial charge in [-0.1, -0.05) is 77.6 Å². The Balaban J connectivity index is 0. The lowest BCUT2D eigenvalue weighted by atomic mass is 9.79. The number of hydrogen-bond acceptors (Lipinski definition) is 5. The van der Waals surface area contributed by atoms with Gasteiger partial charge >= 0.3 is 0 Å². The lowest BCUT2D eigenvalue weighted by molar-refractivity contribution is 0.112. The van der Waals surface area contributed by atoms with E-state index in [1.165, 1.54) is 127 Å². The second kappa shape index (κ2) is 21.8. The zero-order valence-electron chi connectivity index (χ0n) is 24.6. The Bertz CT molecular complexity index is 675. The average molecular weight is 493 g/mol. The summed E-state index contributed by atoms with van der Waals surface area (Å²) in [5.41, 5.74) is 20.9. The van der Waals surface area contributed by atoms with Crippen LogP contribution in [0.5, 0.6) is 0 Å². The number of rotatable bonds is 13. The van der Waals surface area contributed by atoms with Crippen LogP contribution in [0.25, 0.3) is 0 Å². The number of benzene rings is 1. The minimum Gasteiger partial charge on any atom is -0.379 e. The first-order valence-electron chi connectivity index (χ1n) is 14.0. The number of hydrogen-bond donors (Lipinski definition) is 4. The van der Waals surface area contributed by atoms with Gasteiger partial charge in [-0.25, -0.2) is 0 Å². The molecular formula is C30H60N4O. The van der Waals surface area contributed by atoms with E-state index in [9.17, 15) is 4.79 Å². The third-order valence-corrected chi connectivity index (χ3v) is 7.30. The van der Waals surface area contributed by atoms with Gasteiger partial charge in [-0.05, 0) is 90.4 Å². The highest BCUT2D eigenvalue weighted by Gasteiger charge is 2.31. The van der Waals surface area contributed by atoms with Crippen LogP contribution in [-0.4, -0.2) is 33.0 Å². The Kier molecular flexibility index (Phi) is 22.3. The summed E-state index contributed by atoms with van der Waals surface area (Å²) in [7, 11) is 4.50. The van der Waals surface area contributed by atoms with Gasteiger partial charge in [0.15, 0.2) is 6.29 Å². The molecule has 0 fully saturated rings. The fourth-order valence-electron chi connectivity index (χ4n) is 5.04. The molecule has 1 aliphatic rings. The van der Waals surface area contributed by atoms with Crippen molar-refractivity contribution in [3.8, 4) is 0 Å². The summed E-state index contributed by atoms with van der Waals surface area (Å²) in [6.07, 6.45) is 19.9. The smallest absolute Gasteiger partial charge is 0.150 e. The van der Waals surface area contributed by atoms with Gasteiger partial charge in [-0.2, -0.15) is 0 Å². The summed E-state index contributed by atoms with van der Waals surface area (Å²) < 4.78 is 0. The second-order valence-corrected chi connectivity index (χ2v) is 9.73. The Hall–Kier alpha value is -1.43. The highest BCUT2D eigenvalue weighted by atomic mass is 16.1. The summed E-state index contributed by atoms with van der Waals surface area (Å²) in [5.74, 6) is 0. The molecule has 1 atom stereocenters. The molecule has 0 aliphatic carbocycles. The first-order chi connectivity index (χ1) is 16.9. The molecule has 2 rings (SSSR count). The Morgan fingerprint density at radius 1 is 0.743 bits per heavy atom. The Morgan fingerprint density at radius 3 is 1.66 bits per heavy atom. The molecule has 7 N–H and O–H groups in total. The van der Waals surface area contributed by atoms with Crippen molar-refractivity contribution in [3.05, 3.63) is 27.8 Å². The molecule has 0 aromatic heterocycles. The topological polar surface area (TPSA) is 107 Å². The summed E-state index contributed by atoms with van der Waals surface area (Å²) in [6.45, 7) is 11.0. The maximum Gasteiger partial charge on any atom is 0.150 e. The van der Waals surface area contributed by atoms with E-state index in [1.54, 1.807) is 0 Å². The van der Waals surface area contributed by atoms with Crippen molar-refractivity contribution < 1.29 is 4.79 Å². The van der Waals surface area contributed by atoms with Gasteiger partial charge in [0.2, 0.25) is 0 Å². The number of fused-ring (bicyclic) bond motifs is 1. The van der Waals surface area contributed by atoms with Gasteiger partial charge in [0, 0.05) is 16.8 Å². The number of carbonyl (C=O) groups excluding carboxylic acids is 1. The molecule has 1 aromatic rings. The number of anilines is 1. The van der Waals surface area contributed by atoms with E-state index < -0.39 is 0 Å². The van der Waals surface area contributed by atoms with Crippen molar-refractivity contribution in [3.63, 3.8) is 0 Å². The van der Waals surface area contributed by atoms with Crippen LogP contribution in [0.15, 0.2) is 0 Å². The lowest BCUT2D eigenvalue weighted by Gasteiger charge is -2.39. The van der Waals surface area contributed by atoms with E-state index in [0.29, 0.717) is 0 Å². The summed E-state index contributed by atoms with van der Waals surface area (Å²) in [5, 5.41) is 3.89. The standard InChI is InChI=1S/C27H45NO.3CH5N/c1-6-7-8-9-10-11-12-13-14-15-16-18-27(5)19-17-24-23(4)25(20-29)21(2)22(3)26(24)28-27;3*1-2/h20,28H,6-19H2,1-5H3;3*2H2,1H3. The van der Waals surface area contributed by atoms with E-state index in [1.807, 2.05) is 0 Å². The van der Waals surface area contributed by atoms with Crippen LogP contribution in [-0.2, 0) is 6.42 Å². The number of unbranched alkanes of at least 4 members (excludes halogenated alkanes) is 10. The van der Waals surface area contributed by atoms with Crippen LogP contribution >= 0.6 is 0 Å². The zero-order valence-corrected chi connectivity index (χ0v) is 24.6. The molecule has 206 valence electrons. The van der Waals surface area contributed by atoms with Crippen molar-refractivity contribution in [2.24, 2.45) is 17.2 Å². The van der Waals surface area contributed by atoms with E-state index in [2.05, 4.69) is 57.1 Å². The molecule has 1 unspecified atom stereocenters. The second-order valence-electron chi connectivity index (χ2n) is 9.73. The molecule has 0 saturated carbocycles. The van der Waals surface area contributed by atoms with Crippen LogP contribution in [0.3, 0.4) is 0 Å².